The van der Waals surface area contributed by atoms with Gasteiger partial charge in [0.15, 0.2) is 12.4 Å². The molecule has 1 aliphatic rings. The van der Waals surface area contributed by atoms with E-state index in [1.165, 1.54) is 19.2 Å². The maximum absolute atomic E-state index is 11.2. The van der Waals surface area contributed by atoms with Crippen LogP contribution in [0, 0.1) is 10.1 Å². The van der Waals surface area contributed by atoms with Crippen LogP contribution in [0.4, 0.5) is 5.69 Å². The van der Waals surface area contributed by atoms with Gasteiger partial charge in [-0.1, -0.05) is 6.07 Å². The van der Waals surface area contributed by atoms with Crippen molar-refractivity contribution in [1.29, 1.82) is 0 Å². The van der Waals surface area contributed by atoms with Crippen molar-refractivity contribution >= 4 is 11.7 Å². The zero-order chi connectivity index (χ0) is 17.5. The lowest BCUT2D eigenvalue weighted by molar-refractivity contribution is -0.385. The van der Waals surface area contributed by atoms with Gasteiger partial charge >= 0.3 is 11.7 Å². The summed E-state index contributed by atoms with van der Waals surface area (Å²) in [6, 6.07) is 5.39. The summed E-state index contributed by atoms with van der Waals surface area (Å²) in [6.45, 7) is 2.22. The summed E-state index contributed by atoms with van der Waals surface area (Å²) in [5, 5.41) is 14.5. The Kier molecular flexibility index (Phi) is 6.51. The molecule has 1 saturated heterocycles. The smallest absolute Gasteiger partial charge is 0.343 e. The van der Waals surface area contributed by atoms with Crippen molar-refractivity contribution in [1.82, 2.24) is 10.2 Å². The van der Waals surface area contributed by atoms with Gasteiger partial charge in [-0.25, -0.2) is 4.79 Å². The van der Waals surface area contributed by atoms with Crippen LogP contribution in [0.3, 0.4) is 0 Å². The predicted molar refractivity (Wildman–Crippen MR) is 88.0 cm³/mol. The van der Waals surface area contributed by atoms with Crippen LogP contribution in [0.1, 0.15) is 18.4 Å². The van der Waals surface area contributed by atoms with E-state index in [0.29, 0.717) is 12.6 Å². The molecule has 8 nitrogen and oxygen atoms in total. The summed E-state index contributed by atoms with van der Waals surface area (Å²) < 4.78 is 9.66. The molecule has 2 rings (SSSR count). The first-order valence-electron chi connectivity index (χ1n) is 7.90. The van der Waals surface area contributed by atoms with Crippen molar-refractivity contribution in [3.63, 3.8) is 0 Å². The van der Waals surface area contributed by atoms with Crippen molar-refractivity contribution in [3.8, 4) is 5.75 Å². The van der Waals surface area contributed by atoms with Crippen LogP contribution < -0.4 is 10.1 Å². The minimum atomic E-state index is -0.583. The van der Waals surface area contributed by atoms with Crippen molar-refractivity contribution in [3.05, 3.63) is 33.9 Å². The Balaban J connectivity index is 2.02. The molecular weight excluding hydrogens is 314 g/mol. The van der Waals surface area contributed by atoms with E-state index in [0.717, 1.165) is 31.5 Å². The molecule has 0 atom stereocenters. The molecule has 132 valence electrons. The molecule has 1 fully saturated rings. The van der Waals surface area contributed by atoms with Crippen LogP contribution in [-0.4, -0.2) is 55.7 Å². The number of piperidine rings is 1. The molecule has 0 saturated carbocycles. The van der Waals surface area contributed by atoms with Gasteiger partial charge in [0.25, 0.3) is 0 Å². The van der Waals surface area contributed by atoms with E-state index in [9.17, 15) is 14.9 Å². The minimum Gasteiger partial charge on any atom is -0.475 e. The number of nitro groups is 1. The number of nitro benzene ring substituents is 1. The highest BCUT2D eigenvalue weighted by Gasteiger charge is 2.21. The van der Waals surface area contributed by atoms with E-state index in [1.54, 1.807) is 6.07 Å². The third kappa shape index (κ3) is 4.90. The Morgan fingerprint density at radius 2 is 2.12 bits per heavy atom. The van der Waals surface area contributed by atoms with Crippen LogP contribution >= 0.6 is 0 Å². The highest BCUT2D eigenvalue weighted by molar-refractivity contribution is 5.71. The fourth-order valence-electron chi connectivity index (χ4n) is 2.76. The van der Waals surface area contributed by atoms with Crippen LogP contribution in [0.2, 0.25) is 0 Å². The van der Waals surface area contributed by atoms with E-state index >= 15 is 0 Å². The number of carbonyl (C=O) groups excluding carboxylic acids is 1. The lowest BCUT2D eigenvalue weighted by Gasteiger charge is -2.31. The normalized spacial score (nSPS) is 15.9. The third-order valence-corrected chi connectivity index (χ3v) is 4.20. The van der Waals surface area contributed by atoms with E-state index in [2.05, 4.69) is 15.0 Å². The molecule has 1 aromatic carbocycles. The van der Waals surface area contributed by atoms with Gasteiger partial charge in [-0.15, -0.1) is 0 Å². The number of ether oxygens (including phenoxy) is 2. The van der Waals surface area contributed by atoms with E-state index < -0.39 is 10.9 Å². The standard InChI is InChI=1S/C16H23N3O5/c1-17-13-5-7-18(8-6-13)10-12-3-4-15(14(9-12)19(21)22)24-11-16(20)23-2/h3-4,9,13,17H,5-8,10-11H2,1-2H3. The summed E-state index contributed by atoms with van der Waals surface area (Å²) >= 11 is 0. The number of rotatable bonds is 7. The number of nitrogens with one attached hydrogen (secondary N) is 1. The van der Waals surface area contributed by atoms with Crippen molar-refractivity contribution in [2.75, 3.05) is 33.9 Å². The Bertz CT molecular complexity index is 585. The van der Waals surface area contributed by atoms with Crippen molar-refractivity contribution < 1.29 is 19.2 Å². The first kappa shape index (κ1) is 18.2. The molecule has 0 spiro atoms. The van der Waals surface area contributed by atoms with Crippen LogP contribution in [0.5, 0.6) is 5.75 Å². The number of likely N-dealkylation sites (tertiary alicyclic amines) is 1. The summed E-state index contributed by atoms with van der Waals surface area (Å²) in [5.74, 6) is -0.510. The van der Waals surface area contributed by atoms with E-state index in [-0.39, 0.29) is 18.0 Å². The number of hydrogen-bond acceptors (Lipinski definition) is 7. The molecule has 0 amide bonds. The quantitative estimate of drug-likeness (QED) is 0.456. The van der Waals surface area contributed by atoms with Gasteiger partial charge in [0.1, 0.15) is 0 Å². The van der Waals surface area contributed by atoms with E-state index in [1.807, 2.05) is 7.05 Å². The average Bonchev–Trinajstić information content (AvgIpc) is 2.60. The Morgan fingerprint density at radius 1 is 1.42 bits per heavy atom. The maximum atomic E-state index is 11.2. The van der Waals surface area contributed by atoms with Gasteiger partial charge in [-0.2, -0.15) is 0 Å². The summed E-state index contributed by atoms with van der Waals surface area (Å²) in [5.41, 5.74) is 0.719. The molecule has 1 aromatic rings. The Morgan fingerprint density at radius 3 is 2.71 bits per heavy atom. The van der Waals surface area contributed by atoms with E-state index in [4.69, 9.17) is 4.74 Å². The van der Waals surface area contributed by atoms with Crippen LogP contribution in [0.15, 0.2) is 18.2 Å². The second-order valence-electron chi connectivity index (χ2n) is 5.76. The largest absolute Gasteiger partial charge is 0.475 e. The van der Waals surface area contributed by atoms with Gasteiger partial charge in [0, 0.05) is 18.7 Å². The molecular formula is C16H23N3O5. The third-order valence-electron chi connectivity index (χ3n) is 4.20. The number of nitrogens with zero attached hydrogens (tertiary/aromatic N) is 2. The molecule has 24 heavy (non-hydrogen) atoms. The second kappa shape index (κ2) is 8.60. The topological polar surface area (TPSA) is 93.9 Å². The average molecular weight is 337 g/mol. The highest BCUT2D eigenvalue weighted by Crippen LogP contribution is 2.29. The molecule has 0 aliphatic carbocycles. The zero-order valence-electron chi connectivity index (χ0n) is 14.0. The summed E-state index contributed by atoms with van der Waals surface area (Å²) in [7, 11) is 3.21. The van der Waals surface area contributed by atoms with Crippen LogP contribution in [-0.2, 0) is 16.1 Å². The van der Waals surface area contributed by atoms with Gasteiger partial charge in [-0.05, 0) is 44.6 Å². The summed E-state index contributed by atoms with van der Waals surface area (Å²) in [4.78, 5) is 24.2. The maximum Gasteiger partial charge on any atom is 0.343 e. The Labute approximate surface area is 140 Å². The molecule has 1 N–H and O–H groups in total. The van der Waals surface area contributed by atoms with Gasteiger partial charge in [0.05, 0.1) is 12.0 Å². The molecule has 1 aliphatic heterocycles. The molecule has 1 heterocycles. The number of esters is 1. The number of methoxy groups -OCH3 is 1. The Hall–Kier alpha value is -2.19. The lowest BCUT2D eigenvalue weighted by Crippen LogP contribution is -2.40. The summed E-state index contributed by atoms with van der Waals surface area (Å²) in [6.07, 6.45) is 2.14. The minimum absolute atomic E-state index is 0.0723. The molecule has 0 radical (unpaired) electrons. The fourth-order valence-corrected chi connectivity index (χ4v) is 2.76. The van der Waals surface area contributed by atoms with Gasteiger partial charge in [-0.3, -0.25) is 15.0 Å². The lowest BCUT2D eigenvalue weighted by atomic mass is 10.0. The first-order valence-corrected chi connectivity index (χ1v) is 7.90. The molecule has 0 unspecified atom stereocenters. The van der Waals surface area contributed by atoms with Crippen molar-refractivity contribution in [2.45, 2.75) is 25.4 Å². The predicted octanol–water partition coefficient (Wildman–Crippen LogP) is 1.33. The molecule has 8 heteroatoms. The second-order valence-corrected chi connectivity index (χ2v) is 5.76. The van der Waals surface area contributed by atoms with Gasteiger partial charge < -0.3 is 14.8 Å². The highest BCUT2D eigenvalue weighted by atomic mass is 16.6. The van der Waals surface area contributed by atoms with Gasteiger partial charge in [0.2, 0.25) is 0 Å². The monoisotopic (exact) mass is 337 g/mol. The number of carbonyl (C=O) groups is 1. The zero-order valence-corrected chi connectivity index (χ0v) is 14.0. The SMILES string of the molecule is CNC1CCN(Cc2ccc(OCC(=O)OC)c([N+](=O)[O-])c2)CC1. The first-order chi connectivity index (χ1) is 11.5. The fraction of sp³-hybridized carbons (Fsp3) is 0.562. The van der Waals surface area contributed by atoms with Crippen LogP contribution in [0.25, 0.3) is 0 Å². The van der Waals surface area contributed by atoms with Crippen molar-refractivity contribution in [2.24, 2.45) is 0 Å². The molecule has 0 aromatic heterocycles. The molecule has 0 bridgehead atoms. The number of benzene rings is 1. The number of hydrogen-bond donors (Lipinski definition) is 1.